The molecule has 9 heteroatoms. The average Bonchev–Trinajstić information content (AvgIpc) is 2.65. The van der Waals surface area contributed by atoms with Gasteiger partial charge in [-0.1, -0.05) is 27.5 Å². The van der Waals surface area contributed by atoms with Crippen molar-refractivity contribution in [3.63, 3.8) is 0 Å². The van der Waals surface area contributed by atoms with Crippen LogP contribution < -0.4 is 5.32 Å². The van der Waals surface area contributed by atoms with E-state index in [4.69, 9.17) is 16.3 Å². The quantitative estimate of drug-likeness (QED) is 0.723. The van der Waals surface area contributed by atoms with Crippen molar-refractivity contribution in [2.45, 2.75) is 0 Å². The molecule has 0 radical (unpaired) electrons. The van der Waals surface area contributed by atoms with Crippen molar-refractivity contribution in [3.8, 4) is 0 Å². The van der Waals surface area contributed by atoms with Crippen molar-refractivity contribution in [1.29, 1.82) is 0 Å². The molecule has 0 bridgehead atoms. The van der Waals surface area contributed by atoms with Gasteiger partial charge < -0.3 is 15.0 Å². The van der Waals surface area contributed by atoms with Gasteiger partial charge in [0.25, 0.3) is 0 Å². The Morgan fingerprint density at radius 1 is 1.04 bits per heavy atom. The second-order valence-electron chi connectivity index (χ2n) is 6.72. The van der Waals surface area contributed by atoms with Crippen LogP contribution in [-0.4, -0.2) is 92.1 Å². The highest BCUT2D eigenvalue weighted by Gasteiger charge is 2.24. The molecule has 0 saturated carbocycles. The maximum Gasteiger partial charge on any atom is 0.238 e. The van der Waals surface area contributed by atoms with Crippen molar-refractivity contribution in [2.75, 3.05) is 70.9 Å². The zero-order chi connectivity index (χ0) is 19.2. The number of hydrogen-bond acceptors (Lipinski definition) is 5. The van der Waals surface area contributed by atoms with Crippen LogP contribution in [0.3, 0.4) is 0 Å². The number of hydrogen-bond donors (Lipinski definition) is 1. The third-order valence-electron chi connectivity index (χ3n) is 4.76. The maximum absolute atomic E-state index is 12.4. The number of halogens is 2. The number of carbonyl (C=O) groups is 2. The topological polar surface area (TPSA) is 65.1 Å². The third-order valence-corrected chi connectivity index (χ3v) is 5.57. The van der Waals surface area contributed by atoms with Crippen molar-refractivity contribution in [3.05, 3.63) is 27.7 Å². The van der Waals surface area contributed by atoms with Crippen LogP contribution in [-0.2, 0) is 14.3 Å². The van der Waals surface area contributed by atoms with Crippen LogP contribution in [0.5, 0.6) is 0 Å². The first-order chi connectivity index (χ1) is 13.0. The van der Waals surface area contributed by atoms with Gasteiger partial charge in [-0.3, -0.25) is 19.4 Å². The van der Waals surface area contributed by atoms with Gasteiger partial charge in [0.15, 0.2) is 0 Å². The first-order valence-corrected chi connectivity index (χ1v) is 10.2. The lowest BCUT2D eigenvalue weighted by molar-refractivity contribution is -0.135. The number of carbonyl (C=O) groups excluding carboxylic acids is 2. The van der Waals surface area contributed by atoms with E-state index in [1.54, 1.807) is 12.1 Å². The largest absolute Gasteiger partial charge is 0.379 e. The van der Waals surface area contributed by atoms with Crippen LogP contribution in [0.15, 0.2) is 22.7 Å². The Kier molecular flexibility index (Phi) is 7.49. The molecule has 2 saturated heterocycles. The van der Waals surface area contributed by atoms with E-state index < -0.39 is 0 Å². The molecule has 2 amide bonds. The summed E-state index contributed by atoms with van der Waals surface area (Å²) in [5.41, 5.74) is 0.601. The predicted octanol–water partition coefficient (Wildman–Crippen LogP) is 1.52. The summed E-state index contributed by atoms with van der Waals surface area (Å²) in [4.78, 5) is 30.8. The molecule has 1 N–H and O–H groups in total. The van der Waals surface area contributed by atoms with E-state index >= 15 is 0 Å². The smallest absolute Gasteiger partial charge is 0.238 e. The van der Waals surface area contributed by atoms with Crippen LogP contribution in [0.25, 0.3) is 0 Å². The fraction of sp³-hybridized carbons (Fsp3) is 0.556. The molecule has 0 atom stereocenters. The number of morpholine rings is 1. The molecule has 2 aliphatic rings. The van der Waals surface area contributed by atoms with E-state index in [2.05, 4.69) is 31.0 Å². The molecule has 0 spiro atoms. The van der Waals surface area contributed by atoms with Crippen molar-refractivity contribution >= 4 is 45.0 Å². The van der Waals surface area contributed by atoms with E-state index in [0.29, 0.717) is 56.6 Å². The molecule has 0 aliphatic carbocycles. The van der Waals surface area contributed by atoms with Crippen LogP contribution >= 0.6 is 27.5 Å². The summed E-state index contributed by atoms with van der Waals surface area (Å²) in [5, 5.41) is 3.34. The van der Waals surface area contributed by atoms with E-state index in [0.717, 1.165) is 17.6 Å². The fourth-order valence-electron chi connectivity index (χ4n) is 3.19. The number of piperazine rings is 1. The molecule has 2 heterocycles. The summed E-state index contributed by atoms with van der Waals surface area (Å²) in [6.07, 6.45) is 0. The summed E-state index contributed by atoms with van der Waals surface area (Å²) in [6, 6.07) is 5.35. The molecular weight excluding hydrogens is 436 g/mol. The van der Waals surface area contributed by atoms with Crippen LogP contribution in [0.1, 0.15) is 0 Å². The van der Waals surface area contributed by atoms with Crippen molar-refractivity contribution in [2.24, 2.45) is 0 Å². The maximum atomic E-state index is 12.4. The summed E-state index contributed by atoms with van der Waals surface area (Å²) >= 11 is 9.48. The molecular formula is C18H24BrClN4O3. The predicted molar refractivity (Wildman–Crippen MR) is 108 cm³/mol. The summed E-state index contributed by atoms with van der Waals surface area (Å²) in [6.45, 7) is 6.42. The fourth-order valence-corrected chi connectivity index (χ4v) is 3.91. The summed E-state index contributed by atoms with van der Waals surface area (Å²) in [7, 11) is 0. The van der Waals surface area contributed by atoms with E-state index in [9.17, 15) is 9.59 Å². The number of rotatable bonds is 5. The highest BCUT2D eigenvalue weighted by atomic mass is 79.9. The summed E-state index contributed by atoms with van der Waals surface area (Å²) in [5.74, 6) is 0.0509. The molecule has 0 unspecified atom stereocenters. The van der Waals surface area contributed by atoms with Crippen LogP contribution in [0.4, 0.5) is 5.69 Å². The minimum atomic E-state index is -0.104. The first-order valence-electron chi connectivity index (χ1n) is 9.06. The zero-order valence-electron chi connectivity index (χ0n) is 15.1. The average molecular weight is 460 g/mol. The second kappa shape index (κ2) is 9.84. The standard InChI is InChI=1S/C18H24BrClN4O3/c19-14-1-2-16(15(20)11-14)21-17(25)12-22-3-5-24(6-4-22)18(26)13-23-7-9-27-10-8-23/h1-2,11H,3-10,12-13H2,(H,21,25). The van der Waals surface area contributed by atoms with E-state index in [1.807, 2.05) is 11.0 Å². The lowest BCUT2D eigenvalue weighted by Crippen LogP contribution is -2.53. The molecule has 7 nitrogen and oxygen atoms in total. The number of nitrogens with zero attached hydrogens (tertiary/aromatic N) is 3. The van der Waals surface area contributed by atoms with E-state index in [1.165, 1.54) is 0 Å². The lowest BCUT2D eigenvalue weighted by atomic mass is 10.2. The Bertz CT molecular complexity index is 677. The van der Waals surface area contributed by atoms with Crippen LogP contribution in [0.2, 0.25) is 5.02 Å². The lowest BCUT2D eigenvalue weighted by Gasteiger charge is -2.36. The van der Waals surface area contributed by atoms with Crippen molar-refractivity contribution < 1.29 is 14.3 Å². The van der Waals surface area contributed by atoms with E-state index in [-0.39, 0.29) is 18.4 Å². The second-order valence-corrected chi connectivity index (χ2v) is 8.04. The van der Waals surface area contributed by atoms with Crippen molar-refractivity contribution in [1.82, 2.24) is 14.7 Å². The number of anilines is 1. The van der Waals surface area contributed by atoms with Crippen LogP contribution in [0, 0.1) is 0 Å². The van der Waals surface area contributed by atoms with Gasteiger partial charge >= 0.3 is 0 Å². The SMILES string of the molecule is O=C(CN1CCN(C(=O)CN2CCOCC2)CC1)Nc1ccc(Br)cc1Cl. The highest BCUT2D eigenvalue weighted by molar-refractivity contribution is 9.10. The van der Waals surface area contributed by atoms with Gasteiger partial charge in [-0.05, 0) is 18.2 Å². The number of amides is 2. The number of benzene rings is 1. The van der Waals surface area contributed by atoms with Gasteiger partial charge in [-0.25, -0.2) is 0 Å². The Hall–Kier alpha value is -1.19. The number of nitrogens with one attached hydrogen (secondary N) is 1. The Morgan fingerprint density at radius 3 is 2.37 bits per heavy atom. The monoisotopic (exact) mass is 458 g/mol. The first kappa shape index (κ1) is 20.5. The Labute approximate surface area is 172 Å². The molecule has 1 aromatic carbocycles. The molecule has 3 rings (SSSR count). The van der Waals surface area contributed by atoms with Gasteiger partial charge in [-0.15, -0.1) is 0 Å². The number of ether oxygens (including phenoxy) is 1. The molecule has 0 aromatic heterocycles. The highest BCUT2D eigenvalue weighted by Crippen LogP contribution is 2.25. The normalized spacial score (nSPS) is 19.1. The summed E-state index contributed by atoms with van der Waals surface area (Å²) < 4.78 is 6.18. The van der Waals surface area contributed by atoms with Gasteiger partial charge in [0.2, 0.25) is 11.8 Å². The van der Waals surface area contributed by atoms with Gasteiger partial charge in [-0.2, -0.15) is 0 Å². The third kappa shape index (κ3) is 6.15. The van der Waals surface area contributed by atoms with Gasteiger partial charge in [0.1, 0.15) is 0 Å². The Balaban J connectivity index is 1.40. The van der Waals surface area contributed by atoms with Gasteiger partial charge in [0, 0.05) is 43.7 Å². The minimum absolute atomic E-state index is 0.104. The molecule has 1 aromatic rings. The molecule has 27 heavy (non-hydrogen) atoms. The molecule has 2 aliphatic heterocycles. The molecule has 2 fully saturated rings. The molecule has 148 valence electrons. The van der Waals surface area contributed by atoms with Gasteiger partial charge in [0.05, 0.1) is 37.0 Å². The Morgan fingerprint density at radius 2 is 1.70 bits per heavy atom. The minimum Gasteiger partial charge on any atom is -0.379 e. The zero-order valence-corrected chi connectivity index (χ0v) is 17.5.